The van der Waals surface area contributed by atoms with Crippen LogP contribution in [0.15, 0.2) is 34.5 Å². The lowest BCUT2D eigenvalue weighted by molar-refractivity contribution is -0.114. The molecule has 0 aliphatic heterocycles. The molecule has 0 radical (unpaired) electrons. The molecule has 0 aromatic heterocycles. The number of nitrogens with zero attached hydrogens (tertiary/aromatic N) is 2. The Morgan fingerprint density at radius 1 is 1.37 bits per heavy atom. The van der Waals surface area contributed by atoms with E-state index >= 15 is 0 Å². The third kappa shape index (κ3) is 5.76. The maximum Gasteiger partial charge on any atom is 0.221 e. The summed E-state index contributed by atoms with van der Waals surface area (Å²) in [6.45, 7) is 3.46. The molecule has 0 bridgehead atoms. The first kappa shape index (κ1) is 14.8. The number of hydrogen-bond acceptors (Lipinski definition) is 4. The second-order valence-corrected chi connectivity index (χ2v) is 4.03. The van der Waals surface area contributed by atoms with Crippen molar-refractivity contribution in [3.63, 3.8) is 0 Å². The summed E-state index contributed by atoms with van der Waals surface area (Å²) < 4.78 is 0. The Kier molecular flexibility index (Phi) is 6.21. The molecule has 19 heavy (non-hydrogen) atoms. The van der Waals surface area contributed by atoms with Gasteiger partial charge in [0.2, 0.25) is 12.3 Å². The molecule has 102 valence electrons. The van der Waals surface area contributed by atoms with E-state index in [-0.39, 0.29) is 12.1 Å². The van der Waals surface area contributed by atoms with E-state index in [1.165, 1.54) is 6.92 Å². The smallest absolute Gasteiger partial charge is 0.221 e. The number of amides is 2. The summed E-state index contributed by atoms with van der Waals surface area (Å²) in [6, 6.07) is 6.99. The summed E-state index contributed by atoms with van der Waals surface area (Å²) in [6.07, 6.45) is 1.98. The van der Waals surface area contributed by atoms with E-state index in [1.807, 2.05) is 6.92 Å². The highest BCUT2D eigenvalue weighted by atomic mass is 16.1. The maximum absolute atomic E-state index is 10.9. The van der Waals surface area contributed by atoms with Gasteiger partial charge in [-0.1, -0.05) is 13.3 Å². The molecule has 1 aromatic carbocycles. The van der Waals surface area contributed by atoms with Gasteiger partial charge < -0.3 is 10.6 Å². The topological polar surface area (TPSA) is 82.9 Å². The second kappa shape index (κ2) is 7.97. The van der Waals surface area contributed by atoms with Crippen LogP contribution in [-0.2, 0) is 9.59 Å². The van der Waals surface area contributed by atoms with E-state index in [9.17, 15) is 9.59 Å². The van der Waals surface area contributed by atoms with Crippen LogP contribution in [0, 0.1) is 0 Å². The van der Waals surface area contributed by atoms with Crippen LogP contribution in [0.25, 0.3) is 0 Å². The first-order valence-corrected chi connectivity index (χ1v) is 6.14. The molecule has 0 aliphatic carbocycles. The maximum atomic E-state index is 10.9. The van der Waals surface area contributed by atoms with Crippen molar-refractivity contribution in [2.24, 2.45) is 10.2 Å². The van der Waals surface area contributed by atoms with Gasteiger partial charge in [-0.2, -0.15) is 10.2 Å². The molecule has 0 heterocycles. The lowest BCUT2D eigenvalue weighted by atomic mass is 10.3. The van der Waals surface area contributed by atoms with Gasteiger partial charge in [0.1, 0.15) is 6.17 Å². The van der Waals surface area contributed by atoms with Crippen LogP contribution in [0.1, 0.15) is 26.7 Å². The van der Waals surface area contributed by atoms with E-state index in [2.05, 4.69) is 20.9 Å². The predicted molar refractivity (Wildman–Crippen MR) is 73.2 cm³/mol. The molecule has 1 aromatic rings. The molecule has 0 saturated heterocycles. The summed E-state index contributed by atoms with van der Waals surface area (Å²) in [7, 11) is 0. The zero-order chi connectivity index (χ0) is 14.1. The number of carbonyl (C=O) groups is 2. The lowest BCUT2D eigenvalue weighted by Gasteiger charge is -2.07. The molecule has 0 spiro atoms. The molecule has 1 rings (SSSR count). The van der Waals surface area contributed by atoms with Crippen LogP contribution in [0.3, 0.4) is 0 Å². The van der Waals surface area contributed by atoms with Gasteiger partial charge in [-0.15, -0.1) is 0 Å². The van der Waals surface area contributed by atoms with Gasteiger partial charge in [0, 0.05) is 12.6 Å². The average molecular weight is 262 g/mol. The number of azo groups is 1. The van der Waals surface area contributed by atoms with Crippen LogP contribution in [0.2, 0.25) is 0 Å². The number of hydrogen-bond donors (Lipinski definition) is 2. The standard InChI is InChI=1S/C13H18N4O2/c1-3-4-13(14-9-18)17-16-12-7-5-11(6-8-12)15-10(2)19/h5-9,13H,3-4H2,1-2H3,(H,14,18)(H,15,19). The van der Waals surface area contributed by atoms with Gasteiger partial charge in [0.15, 0.2) is 0 Å². The monoisotopic (exact) mass is 262 g/mol. The van der Waals surface area contributed by atoms with Crippen LogP contribution in [-0.4, -0.2) is 18.5 Å². The van der Waals surface area contributed by atoms with E-state index in [1.54, 1.807) is 24.3 Å². The van der Waals surface area contributed by atoms with E-state index in [4.69, 9.17) is 0 Å². The van der Waals surface area contributed by atoms with Crippen LogP contribution < -0.4 is 10.6 Å². The van der Waals surface area contributed by atoms with Crippen LogP contribution in [0.5, 0.6) is 0 Å². The van der Waals surface area contributed by atoms with Gasteiger partial charge in [0.05, 0.1) is 5.69 Å². The summed E-state index contributed by atoms with van der Waals surface area (Å²) in [5.41, 5.74) is 1.38. The Labute approximate surface area is 112 Å². The number of benzene rings is 1. The normalized spacial score (nSPS) is 12.1. The Balaban J connectivity index is 2.64. The van der Waals surface area contributed by atoms with Crippen LogP contribution in [0.4, 0.5) is 11.4 Å². The molecule has 6 nitrogen and oxygen atoms in total. The van der Waals surface area contributed by atoms with Crippen molar-refractivity contribution >= 4 is 23.7 Å². The largest absolute Gasteiger partial charge is 0.335 e. The van der Waals surface area contributed by atoms with E-state index < -0.39 is 0 Å². The first-order chi connectivity index (χ1) is 9.15. The van der Waals surface area contributed by atoms with Gasteiger partial charge in [-0.3, -0.25) is 9.59 Å². The molecule has 2 amide bonds. The van der Waals surface area contributed by atoms with E-state index in [0.29, 0.717) is 17.8 Å². The number of nitrogens with one attached hydrogen (secondary N) is 2. The zero-order valence-electron chi connectivity index (χ0n) is 11.1. The van der Waals surface area contributed by atoms with Crippen molar-refractivity contribution in [3.05, 3.63) is 24.3 Å². The van der Waals surface area contributed by atoms with Crippen molar-refractivity contribution in [1.82, 2.24) is 5.32 Å². The molecule has 0 saturated carbocycles. The summed E-state index contributed by atoms with van der Waals surface area (Å²) in [4.78, 5) is 21.3. The minimum Gasteiger partial charge on any atom is -0.335 e. The Morgan fingerprint density at radius 3 is 2.58 bits per heavy atom. The van der Waals surface area contributed by atoms with Gasteiger partial charge in [0.25, 0.3) is 0 Å². The van der Waals surface area contributed by atoms with Gasteiger partial charge >= 0.3 is 0 Å². The second-order valence-electron chi connectivity index (χ2n) is 4.03. The van der Waals surface area contributed by atoms with Crippen molar-refractivity contribution in [3.8, 4) is 0 Å². The van der Waals surface area contributed by atoms with Crippen molar-refractivity contribution in [2.75, 3.05) is 5.32 Å². The summed E-state index contributed by atoms with van der Waals surface area (Å²) >= 11 is 0. The zero-order valence-corrected chi connectivity index (χ0v) is 11.1. The Morgan fingerprint density at radius 2 is 2.05 bits per heavy atom. The highest BCUT2D eigenvalue weighted by Gasteiger charge is 2.02. The Bertz CT molecular complexity index is 442. The predicted octanol–water partition coefficient (Wildman–Crippen LogP) is 2.60. The fourth-order valence-corrected chi connectivity index (χ4v) is 1.48. The lowest BCUT2D eigenvalue weighted by Crippen LogP contribution is -2.24. The van der Waals surface area contributed by atoms with Crippen molar-refractivity contribution in [1.29, 1.82) is 0 Å². The minimum atomic E-state index is -0.294. The Hall–Kier alpha value is -2.24. The SMILES string of the molecule is CCCC(N=Nc1ccc(NC(C)=O)cc1)NC=O. The highest BCUT2D eigenvalue weighted by Crippen LogP contribution is 2.17. The quantitative estimate of drug-likeness (QED) is 0.584. The molecule has 0 fully saturated rings. The molecular weight excluding hydrogens is 244 g/mol. The van der Waals surface area contributed by atoms with E-state index in [0.717, 1.165) is 12.8 Å². The third-order valence-electron chi connectivity index (χ3n) is 2.32. The number of carbonyl (C=O) groups excluding carboxylic acids is 2. The molecule has 1 unspecified atom stereocenters. The minimum absolute atomic E-state index is 0.118. The molecular formula is C13H18N4O2. The third-order valence-corrected chi connectivity index (χ3v) is 2.32. The average Bonchev–Trinajstić information content (AvgIpc) is 2.37. The van der Waals surface area contributed by atoms with Gasteiger partial charge in [-0.25, -0.2) is 0 Å². The number of anilines is 1. The van der Waals surface area contributed by atoms with Gasteiger partial charge in [-0.05, 0) is 30.7 Å². The van der Waals surface area contributed by atoms with Crippen LogP contribution >= 0.6 is 0 Å². The first-order valence-electron chi connectivity index (χ1n) is 6.14. The molecule has 2 N–H and O–H groups in total. The van der Waals surface area contributed by atoms with Crippen molar-refractivity contribution in [2.45, 2.75) is 32.9 Å². The fourth-order valence-electron chi connectivity index (χ4n) is 1.48. The molecule has 1 atom stereocenters. The number of rotatable bonds is 7. The highest BCUT2D eigenvalue weighted by molar-refractivity contribution is 5.88. The molecule has 0 aliphatic rings. The summed E-state index contributed by atoms with van der Waals surface area (Å²) in [5.74, 6) is -0.118. The fraction of sp³-hybridized carbons (Fsp3) is 0.385. The van der Waals surface area contributed by atoms with Crippen molar-refractivity contribution < 1.29 is 9.59 Å². The summed E-state index contributed by atoms with van der Waals surface area (Å²) in [5, 5.41) is 13.4. The molecule has 6 heteroatoms.